The molecule has 1 aromatic carbocycles. The maximum atomic E-state index is 11.9. The SMILES string of the molecule is O=P(O)(O)OSc1cccc(OC(F)(F)F)c1. The van der Waals surface area contributed by atoms with Crippen LogP contribution < -0.4 is 4.74 Å². The Kier molecular flexibility index (Phi) is 4.45. The van der Waals surface area contributed by atoms with E-state index in [0.29, 0.717) is 0 Å². The average molecular weight is 290 g/mol. The van der Waals surface area contributed by atoms with Crippen molar-refractivity contribution >= 4 is 19.9 Å². The molecule has 0 aliphatic carbocycles. The summed E-state index contributed by atoms with van der Waals surface area (Å²) in [5, 5.41) is 0. The molecule has 17 heavy (non-hydrogen) atoms. The summed E-state index contributed by atoms with van der Waals surface area (Å²) in [4.78, 5) is 16.8. The molecule has 5 nitrogen and oxygen atoms in total. The van der Waals surface area contributed by atoms with Gasteiger partial charge < -0.3 is 14.5 Å². The fraction of sp³-hybridized carbons (Fsp3) is 0.143. The summed E-state index contributed by atoms with van der Waals surface area (Å²) in [7, 11) is -4.69. The largest absolute Gasteiger partial charge is 0.573 e. The summed E-state index contributed by atoms with van der Waals surface area (Å²) >= 11 is 0.257. The van der Waals surface area contributed by atoms with Crippen molar-refractivity contribution in [1.29, 1.82) is 0 Å². The molecule has 0 radical (unpaired) electrons. The lowest BCUT2D eigenvalue weighted by Gasteiger charge is -2.09. The Morgan fingerprint density at radius 1 is 1.29 bits per heavy atom. The number of hydrogen-bond acceptors (Lipinski definition) is 4. The van der Waals surface area contributed by atoms with Gasteiger partial charge in [-0.1, -0.05) is 6.07 Å². The van der Waals surface area contributed by atoms with Crippen LogP contribution in [0.3, 0.4) is 0 Å². The first-order valence-electron chi connectivity index (χ1n) is 3.93. The molecule has 0 saturated carbocycles. The van der Waals surface area contributed by atoms with Crippen LogP contribution in [0.25, 0.3) is 0 Å². The minimum absolute atomic E-state index is 0.0649. The number of alkyl halides is 3. The van der Waals surface area contributed by atoms with Gasteiger partial charge in [-0.05, 0) is 18.2 Å². The van der Waals surface area contributed by atoms with Crippen molar-refractivity contribution in [3.63, 3.8) is 0 Å². The second-order valence-electron chi connectivity index (χ2n) is 2.67. The maximum Gasteiger partial charge on any atom is 0.573 e. The zero-order valence-corrected chi connectivity index (χ0v) is 9.63. The van der Waals surface area contributed by atoms with Crippen LogP contribution in [-0.4, -0.2) is 16.1 Å². The van der Waals surface area contributed by atoms with Crippen molar-refractivity contribution < 1.29 is 36.2 Å². The quantitative estimate of drug-likeness (QED) is 0.656. The van der Waals surface area contributed by atoms with E-state index in [4.69, 9.17) is 9.79 Å². The van der Waals surface area contributed by atoms with Crippen molar-refractivity contribution in [2.45, 2.75) is 11.3 Å². The summed E-state index contributed by atoms with van der Waals surface area (Å²) in [6.45, 7) is 0. The molecule has 0 aliphatic heterocycles. The van der Waals surface area contributed by atoms with Crippen molar-refractivity contribution in [3.05, 3.63) is 24.3 Å². The van der Waals surface area contributed by atoms with E-state index in [1.807, 2.05) is 0 Å². The predicted octanol–water partition coefficient (Wildman–Crippen LogP) is 2.70. The lowest BCUT2D eigenvalue weighted by Crippen LogP contribution is -2.17. The van der Waals surface area contributed by atoms with Crippen LogP contribution in [0.2, 0.25) is 0 Å². The highest BCUT2D eigenvalue weighted by Crippen LogP contribution is 2.43. The highest BCUT2D eigenvalue weighted by atomic mass is 32.2. The number of phosphoric acid groups is 1. The smallest absolute Gasteiger partial charge is 0.406 e. The molecule has 0 saturated heterocycles. The third-order valence-corrected chi connectivity index (χ3v) is 2.79. The van der Waals surface area contributed by atoms with E-state index in [2.05, 4.69) is 8.71 Å². The molecular weight excluding hydrogens is 284 g/mol. The molecule has 10 heteroatoms. The van der Waals surface area contributed by atoms with Crippen molar-refractivity contribution in [2.24, 2.45) is 0 Å². The second-order valence-corrected chi connectivity index (χ2v) is 4.89. The van der Waals surface area contributed by atoms with E-state index in [1.165, 1.54) is 12.1 Å². The van der Waals surface area contributed by atoms with Gasteiger partial charge in [-0.2, -0.15) is 0 Å². The topological polar surface area (TPSA) is 76.0 Å². The van der Waals surface area contributed by atoms with Gasteiger partial charge in [0.2, 0.25) is 0 Å². The van der Waals surface area contributed by atoms with Crippen molar-refractivity contribution in [1.82, 2.24) is 0 Å². The molecule has 0 aliphatic rings. The molecule has 0 atom stereocenters. The first kappa shape index (κ1) is 14.3. The third-order valence-electron chi connectivity index (χ3n) is 1.27. The Bertz CT molecular complexity index is 432. The van der Waals surface area contributed by atoms with Gasteiger partial charge in [0.05, 0.1) is 0 Å². The summed E-state index contributed by atoms with van der Waals surface area (Å²) in [5.41, 5.74) is 0. The minimum atomic E-state index is -4.83. The van der Waals surface area contributed by atoms with Crippen LogP contribution >= 0.6 is 19.9 Å². The Morgan fingerprint density at radius 2 is 1.94 bits per heavy atom. The Balaban J connectivity index is 2.70. The molecule has 1 aromatic rings. The van der Waals surface area contributed by atoms with E-state index >= 15 is 0 Å². The monoisotopic (exact) mass is 290 g/mol. The number of hydrogen-bond donors (Lipinski definition) is 2. The first-order valence-corrected chi connectivity index (χ1v) is 6.20. The highest BCUT2D eigenvalue weighted by molar-refractivity contribution is 7.97. The summed E-state index contributed by atoms with van der Waals surface area (Å²) in [6, 6.07) is 4.53. The van der Waals surface area contributed by atoms with Crippen LogP contribution in [0.4, 0.5) is 13.2 Å². The van der Waals surface area contributed by atoms with E-state index in [0.717, 1.165) is 12.1 Å². The molecule has 0 amide bonds. The molecule has 0 bridgehead atoms. The number of benzene rings is 1. The Labute approximate surface area is 98.0 Å². The van der Waals surface area contributed by atoms with Crippen molar-refractivity contribution in [3.8, 4) is 5.75 Å². The van der Waals surface area contributed by atoms with E-state index in [9.17, 15) is 17.7 Å². The number of ether oxygens (including phenoxy) is 1. The molecule has 0 aromatic heterocycles. The normalized spacial score (nSPS) is 12.5. The van der Waals surface area contributed by atoms with E-state index in [-0.39, 0.29) is 16.9 Å². The van der Waals surface area contributed by atoms with Crippen LogP contribution in [0, 0.1) is 0 Å². The predicted molar refractivity (Wildman–Crippen MR) is 52.1 cm³/mol. The average Bonchev–Trinajstić information content (AvgIpc) is 2.11. The third kappa shape index (κ3) is 6.54. The molecule has 1 rings (SSSR count). The molecule has 0 fully saturated rings. The zero-order chi connectivity index (χ0) is 13.1. The highest BCUT2D eigenvalue weighted by Gasteiger charge is 2.31. The summed E-state index contributed by atoms with van der Waals surface area (Å²) < 4.78 is 53.6. The van der Waals surface area contributed by atoms with Gasteiger partial charge in [-0.15, -0.1) is 13.2 Å². The van der Waals surface area contributed by atoms with Gasteiger partial charge in [-0.3, -0.25) is 0 Å². The lowest BCUT2D eigenvalue weighted by atomic mass is 10.3. The van der Waals surface area contributed by atoms with E-state index in [1.54, 1.807) is 0 Å². The van der Waals surface area contributed by atoms with Gasteiger partial charge in [0.15, 0.2) is 0 Å². The van der Waals surface area contributed by atoms with Gasteiger partial charge in [0.1, 0.15) is 5.75 Å². The molecule has 2 N–H and O–H groups in total. The van der Waals surface area contributed by atoms with Gasteiger partial charge >= 0.3 is 14.2 Å². The summed E-state index contributed by atoms with van der Waals surface area (Å²) in [6.07, 6.45) is -4.83. The van der Waals surface area contributed by atoms with Crippen LogP contribution in [0.15, 0.2) is 29.2 Å². The van der Waals surface area contributed by atoms with E-state index < -0.39 is 19.9 Å². The second kappa shape index (κ2) is 5.28. The molecule has 0 heterocycles. The number of rotatable bonds is 4. The Hall–Kier alpha value is -0.730. The lowest BCUT2D eigenvalue weighted by molar-refractivity contribution is -0.274. The first-order chi connectivity index (χ1) is 7.66. The fourth-order valence-electron chi connectivity index (χ4n) is 0.815. The fourth-order valence-corrected chi connectivity index (χ4v) is 1.85. The molecular formula is C7H6F3O5PS. The molecule has 0 spiro atoms. The van der Waals surface area contributed by atoms with Crippen LogP contribution in [0.1, 0.15) is 0 Å². The number of halogens is 3. The minimum Gasteiger partial charge on any atom is -0.406 e. The van der Waals surface area contributed by atoms with Crippen LogP contribution in [-0.2, 0) is 8.54 Å². The van der Waals surface area contributed by atoms with Gasteiger partial charge in [-0.25, -0.2) is 8.54 Å². The van der Waals surface area contributed by atoms with Crippen LogP contribution in [0.5, 0.6) is 5.75 Å². The maximum absolute atomic E-state index is 11.9. The molecule has 96 valence electrons. The van der Waals surface area contributed by atoms with Crippen molar-refractivity contribution in [2.75, 3.05) is 0 Å². The molecule has 0 unspecified atom stereocenters. The standard InChI is InChI=1S/C7H6F3O5PS/c8-7(9,10)14-5-2-1-3-6(4-5)17-15-16(11,12)13/h1-4H,(H2,11,12,13). The zero-order valence-electron chi connectivity index (χ0n) is 7.92. The summed E-state index contributed by atoms with van der Waals surface area (Å²) in [5.74, 6) is -0.503. The van der Waals surface area contributed by atoms with Gasteiger partial charge in [0.25, 0.3) is 0 Å². The Morgan fingerprint density at radius 3 is 2.47 bits per heavy atom. The van der Waals surface area contributed by atoms with Gasteiger partial charge in [0, 0.05) is 16.9 Å².